The minimum absolute atomic E-state index is 0.192. The number of methoxy groups -OCH3 is 1. The van der Waals surface area contributed by atoms with Crippen LogP contribution in [0, 0.1) is 0 Å². The van der Waals surface area contributed by atoms with Gasteiger partial charge in [-0.15, -0.1) is 0 Å². The van der Waals surface area contributed by atoms with Crippen molar-refractivity contribution < 1.29 is 33.6 Å². The number of carboxylic acids is 1. The SMILES string of the molecule is CCOc1ccc(C(=O)NCc2cc(CC(OC(C)C)C(=O)O)ccc2OC)c(OCC)c1. The Labute approximate surface area is 194 Å². The number of carbonyl (C=O) groups excluding carboxylic acids is 1. The topological polar surface area (TPSA) is 103 Å². The maximum absolute atomic E-state index is 12.9. The van der Waals surface area contributed by atoms with Gasteiger partial charge in [0.25, 0.3) is 5.91 Å². The molecule has 1 unspecified atom stereocenters. The average molecular weight is 460 g/mol. The molecular formula is C25H33NO7. The van der Waals surface area contributed by atoms with Gasteiger partial charge in [-0.1, -0.05) is 12.1 Å². The fraction of sp³-hybridized carbons (Fsp3) is 0.440. The smallest absolute Gasteiger partial charge is 0.333 e. The van der Waals surface area contributed by atoms with Gasteiger partial charge in [0.05, 0.1) is 32.0 Å². The third kappa shape index (κ3) is 7.68. The number of benzene rings is 2. The number of hydrogen-bond acceptors (Lipinski definition) is 6. The number of carbonyl (C=O) groups is 2. The van der Waals surface area contributed by atoms with Gasteiger partial charge in [-0.25, -0.2) is 4.79 Å². The van der Waals surface area contributed by atoms with Crippen LogP contribution in [-0.2, 0) is 22.5 Å². The van der Waals surface area contributed by atoms with Crippen molar-refractivity contribution in [3.05, 3.63) is 53.1 Å². The van der Waals surface area contributed by atoms with Crippen LogP contribution >= 0.6 is 0 Å². The first-order chi connectivity index (χ1) is 15.8. The normalized spacial score (nSPS) is 11.7. The zero-order valence-corrected chi connectivity index (χ0v) is 19.8. The molecule has 0 spiro atoms. The lowest BCUT2D eigenvalue weighted by molar-refractivity contribution is -0.153. The third-order valence-electron chi connectivity index (χ3n) is 4.73. The monoisotopic (exact) mass is 459 g/mol. The molecule has 0 fully saturated rings. The Bertz CT molecular complexity index is 942. The van der Waals surface area contributed by atoms with Crippen molar-refractivity contribution in [1.29, 1.82) is 0 Å². The number of carboxylic acid groups (broad SMARTS) is 1. The van der Waals surface area contributed by atoms with E-state index in [0.29, 0.717) is 36.0 Å². The predicted octanol–water partition coefficient (Wildman–Crippen LogP) is 3.84. The lowest BCUT2D eigenvalue weighted by Gasteiger charge is -2.18. The van der Waals surface area contributed by atoms with E-state index in [1.807, 2.05) is 19.9 Å². The van der Waals surface area contributed by atoms with Gasteiger partial charge in [0.1, 0.15) is 17.2 Å². The van der Waals surface area contributed by atoms with Gasteiger partial charge in [0.2, 0.25) is 0 Å². The summed E-state index contributed by atoms with van der Waals surface area (Å²) in [6, 6.07) is 10.5. The Morgan fingerprint density at radius 2 is 1.73 bits per heavy atom. The van der Waals surface area contributed by atoms with Gasteiger partial charge in [-0.3, -0.25) is 4.79 Å². The summed E-state index contributed by atoms with van der Waals surface area (Å²) in [5, 5.41) is 12.3. The van der Waals surface area contributed by atoms with Crippen molar-refractivity contribution >= 4 is 11.9 Å². The van der Waals surface area contributed by atoms with Crippen molar-refractivity contribution in [1.82, 2.24) is 5.32 Å². The first-order valence-electron chi connectivity index (χ1n) is 11.0. The van der Waals surface area contributed by atoms with Crippen molar-refractivity contribution in [3.63, 3.8) is 0 Å². The van der Waals surface area contributed by atoms with Gasteiger partial charge in [0, 0.05) is 24.6 Å². The molecule has 2 rings (SSSR count). The van der Waals surface area contributed by atoms with Crippen LogP contribution in [0.2, 0.25) is 0 Å². The van der Waals surface area contributed by atoms with E-state index in [9.17, 15) is 14.7 Å². The number of rotatable bonds is 13. The first kappa shape index (κ1) is 26.0. The molecule has 2 aromatic carbocycles. The van der Waals surface area contributed by atoms with E-state index in [0.717, 1.165) is 11.1 Å². The van der Waals surface area contributed by atoms with E-state index in [1.54, 1.807) is 51.3 Å². The Kier molecular flexibility index (Phi) is 10.00. The standard InChI is InChI=1S/C25H33NO7/c1-6-31-19-9-10-20(22(14-19)32-7-2)24(27)26-15-18-12-17(8-11-21(18)30-5)13-23(25(28)29)33-16(3)4/h8-12,14,16,23H,6-7,13,15H2,1-5H3,(H,26,27)(H,28,29). The van der Waals surface area contributed by atoms with Crippen molar-refractivity contribution in [2.24, 2.45) is 0 Å². The van der Waals surface area contributed by atoms with Gasteiger partial charge in [-0.2, -0.15) is 0 Å². The molecule has 0 aliphatic rings. The number of hydrogen-bond donors (Lipinski definition) is 2. The van der Waals surface area contributed by atoms with Crippen LogP contribution in [0.3, 0.4) is 0 Å². The van der Waals surface area contributed by atoms with Crippen molar-refractivity contribution in [2.75, 3.05) is 20.3 Å². The van der Waals surface area contributed by atoms with Crippen LogP contribution in [0.5, 0.6) is 17.2 Å². The van der Waals surface area contributed by atoms with Gasteiger partial charge >= 0.3 is 5.97 Å². The minimum Gasteiger partial charge on any atom is -0.496 e. The molecule has 1 amide bonds. The fourth-order valence-electron chi connectivity index (χ4n) is 3.33. The largest absolute Gasteiger partial charge is 0.496 e. The number of aliphatic carboxylic acids is 1. The Balaban J connectivity index is 2.19. The maximum Gasteiger partial charge on any atom is 0.333 e. The highest BCUT2D eigenvalue weighted by Gasteiger charge is 2.21. The third-order valence-corrected chi connectivity index (χ3v) is 4.73. The lowest BCUT2D eigenvalue weighted by Crippen LogP contribution is -2.29. The first-order valence-corrected chi connectivity index (χ1v) is 11.0. The molecule has 0 saturated carbocycles. The molecule has 33 heavy (non-hydrogen) atoms. The summed E-state index contributed by atoms with van der Waals surface area (Å²) in [6.45, 7) is 8.43. The van der Waals surface area contributed by atoms with E-state index < -0.39 is 12.1 Å². The lowest BCUT2D eigenvalue weighted by atomic mass is 10.0. The summed E-state index contributed by atoms with van der Waals surface area (Å²) >= 11 is 0. The molecule has 8 nitrogen and oxygen atoms in total. The summed E-state index contributed by atoms with van der Waals surface area (Å²) in [5.41, 5.74) is 1.89. The van der Waals surface area contributed by atoms with E-state index in [4.69, 9.17) is 18.9 Å². The van der Waals surface area contributed by atoms with E-state index >= 15 is 0 Å². The quantitative estimate of drug-likeness (QED) is 0.469. The maximum atomic E-state index is 12.9. The summed E-state index contributed by atoms with van der Waals surface area (Å²) in [7, 11) is 1.54. The highest BCUT2D eigenvalue weighted by molar-refractivity contribution is 5.97. The summed E-state index contributed by atoms with van der Waals surface area (Å²) in [4.78, 5) is 24.4. The highest BCUT2D eigenvalue weighted by Crippen LogP contribution is 2.26. The molecule has 0 bridgehead atoms. The van der Waals surface area contributed by atoms with Crippen LogP contribution in [0.1, 0.15) is 49.2 Å². The number of nitrogens with one attached hydrogen (secondary N) is 1. The molecule has 2 aromatic rings. The molecule has 0 aromatic heterocycles. The molecule has 0 aliphatic heterocycles. The van der Waals surface area contributed by atoms with Gasteiger partial charge < -0.3 is 29.4 Å². The van der Waals surface area contributed by atoms with Gasteiger partial charge in [-0.05, 0) is 51.5 Å². The zero-order chi connectivity index (χ0) is 24.4. The summed E-state index contributed by atoms with van der Waals surface area (Å²) in [6.07, 6.45) is -0.971. The van der Waals surface area contributed by atoms with Gasteiger partial charge in [0.15, 0.2) is 6.10 Å². The zero-order valence-electron chi connectivity index (χ0n) is 19.8. The molecule has 1 atom stereocenters. The molecular weight excluding hydrogens is 426 g/mol. The second-order valence-corrected chi connectivity index (χ2v) is 7.57. The molecule has 180 valence electrons. The fourth-order valence-corrected chi connectivity index (χ4v) is 3.33. The summed E-state index contributed by atoms with van der Waals surface area (Å²) < 4.78 is 22.0. The van der Waals surface area contributed by atoms with E-state index in [2.05, 4.69) is 5.32 Å². The second-order valence-electron chi connectivity index (χ2n) is 7.57. The number of amides is 1. The van der Waals surface area contributed by atoms with Crippen LogP contribution in [0.4, 0.5) is 0 Å². The molecule has 0 radical (unpaired) electrons. The molecule has 0 heterocycles. The minimum atomic E-state index is -1.02. The van der Waals surface area contributed by atoms with Crippen LogP contribution in [-0.4, -0.2) is 49.5 Å². The predicted molar refractivity (Wildman–Crippen MR) is 124 cm³/mol. The second kappa shape index (κ2) is 12.7. The molecule has 8 heteroatoms. The molecule has 0 aliphatic carbocycles. The highest BCUT2D eigenvalue weighted by atomic mass is 16.5. The summed E-state index contributed by atoms with van der Waals surface area (Å²) in [5.74, 6) is 0.335. The molecule has 2 N–H and O–H groups in total. The Morgan fingerprint density at radius 1 is 1.00 bits per heavy atom. The molecule has 0 saturated heterocycles. The van der Waals surface area contributed by atoms with Crippen LogP contribution in [0.15, 0.2) is 36.4 Å². The van der Waals surface area contributed by atoms with Crippen molar-refractivity contribution in [3.8, 4) is 17.2 Å². The van der Waals surface area contributed by atoms with Crippen molar-refractivity contribution in [2.45, 2.75) is 52.9 Å². The van der Waals surface area contributed by atoms with Crippen LogP contribution < -0.4 is 19.5 Å². The average Bonchev–Trinajstić information content (AvgIpc) is 2.77. The van der Waals surface area contributed by atoms with Crippen LogP contribution in [0.25, 0.3) is 0 Å². The van der Waals surface area contributed by atoms with E-state index in [-0.39, 0.29) is 25.0 Å². The number of ether oxygens (including phenoxy) is 4. The Morgan fingerprint density at radius 3 is 2.33 bits per heavy atom. The Hall–Kier alpha value is -3.26. The van der Waals surface area contributed by atoms with E-state index in [1.165, 1.54) is 0 Å².